The summed E-state index contributed by atoms with van der Waals surface area (Å²) in [5, 5.41) is 8.91. The lowest BCUT2D eigenvalue weighted by atomic mass is 9.68. The molecule has 75 heavy (non-hydrogen) atoms. The van der Waals surface area contributed by atoms with Gasteiger partial charge < -0.3 is 38.6 Å². The number of halogens is 4. The van der Waals surface area contributed by atoms with Crippen LogP contribution in [0.25, 0.3) is 5.57 Å². The summed E-state index contributed by atoms with van der Waals surface area (Å²) in [7, 11) is -9.22. The third-order valence-electron chi connectivity index (χ3n) is 14.8. The number of fused-ring (bicyclic) bond motifs is 8. The second-order valence-corrected chi connectivity index (χ2v) is 25.1. The number of aliphatic carboxylic acids is 1. The molecule has 3 aromatic carbocycles. The number of benzene rings is 3. The Morgan fingerprint density at radius 3 is 1.88 bits per heavy atom. The predicted octanol–water partition coefficient (Wildman–Crippen LogP) is 7.84. The molecule has 2 unspecified atom stereocenters. The third-order valence-corrected chi connectivity index (χ3v) is 18.1. The van der Waals surface area contributed by atoms with Crippen LogP contribution in [0.1, 0.15) is 115 Å². The fourth-order valence-electron chi connectivity index (χ4n) is 11.9. The Bertz CT molecular complexity index is 3140. The highest BCUT2D eigenvalue weighted by Crippen LogP contribution is 2.66. The number of amides is 2. The fraction of sp³-hybridized carbons (Fsp3) is 0.540. The van der Waals surface area contributed by atoms with Gasteiger partial charge >= 0.3 is 5.97 Å². The van der Waals surface area contributed by atoms with Crippen molar-refractivity contribution in [3.63, 3.8) is 0 Å². The molecule has 6 aliphatic rings. The van der Waals surface area contributed by atoms with Gasteiger partial charge in [-0.05, 0) is 83.1 Å². The summed E-state index contributed by atoms with van der Waals surface area (Å²) in [5.41, 5.74) is 3.68. The second-order valence-electron chi connectivity index (χ2n) is 20.7. The van der Waals surface area contributed by atoms with Crippen LogP contribution in [-0.4, -0.2) is 142 Å². The van der Waals surface area contributed by atoms with Crippen LogP contribution in [0, 0.1) is 0 Å². The van der Waals surface area contributed by atoms with Crippen LogP contribution in [-0.2, 0) is 67.2 Å². The summed E-state index contributed by atoms with van der Waals surface area (Å²) in [6.07, 6.45) is 3.83. The number of carbonyl (C=O) groups excluding carboxylic acids is 2. The first-order chi connectivity index (χ1) is 35.3. The topological polar surface area (TPSA) is 248 Å². The number of hydrazine groups is 1. The van der Waals surface area contributed by atoms with E-state index in [1.54, 1.807) is 18.2 Å². The van der Waals surface area contributed by atoms with Gasteiger partial charge in [0.15, 0.2) is 0 Å². The summed E-state index contributed by atoms with van der Waals surface area (Å²) in [4.78, 5) is 45.2. The number of nitrogens with zero attached hydrogens (tertiary/aromatic N) is 3. The van der Waals surface area contributed by atoms with Crippen molar-refractivity contribution in [3.8, 4) is 11.5 Å². The Balaban J connectivity index is 1.18. The van der Waals surface area contributed by atoms with E-state index in [0.29, 0.717) is 84.6 Å². The van der Waals surface area contributed by atoms with Crippen LogP contribution >= 0.6 is 46.4 Å². The lowest BCUT2D eigenvalue weighted by Crippen LogP contribution is -2.57. The molecule has 1 spiro atoms. The summed E-state index contributed by atoms with van der Waals surface area (Å²) in [5.74, 6) is -4.08. The number of rotatable bonds is 20. The Labute approximate surface area is 455 Å². The van der Waals surface area contributed by atoms with Crippen molar-refractivity contribution in [2.45, 2.75) is 95.2 Å². The molecule has 0 radical (unpaired) electrons. The van der Waals surface area contributed by atoms with E-state index in [4.69, 9.17) is 75.2 Å². The Hall–Kier alpha value is -3.97. The molecular formula is C50H58Cl4N4O15S2. The third kappa shape index (κ3) is 10.3. The summed E-state index contributed by atoms with van der Waals surface area (Å²) >= 11 is 28.3. The average molecular weight is 1160 g/mol. The zero-order chi connectivity index (χ0) is 54.2. The quantitative estimate of drug-likeness (QED) is 0.0364. The van der Waals surface area contributed by atoms with E-state index in [2.05, 4.69) is 15.2 Å². The van der Waals surface area contributed by atoms with Gasteiger partial charge in [-0.2, -0.15) is 16.8 Å². The van der Waals surface area contributed by atoms with Crippen molar-refractivity contribution in [2.75, 3.05) is 87.3 Å². The first kappa shape index (κ1) is 55.8. The normalized spacial score (nSPS) is 20.7. The van der Waals surface area contributed by atoms with Crippen molar-refractivity contribution in [2.24, 2.45) is 0 Å². The van der Waals surface area contributed by atoms with Gasteiger partial charge in [0.05, 0.1) is 108 Å². The van der Waals surface area contributed by atoms with Crippen molar-refractivity contribution in [1.29, 1.82) is 0 Å². The van der Waals surface area contributed by atoms with Crippen LogP contribution in [0.15, 0.2) is 18.2 Å². The first-order valence-electron chi connectivity index (χ1n) is 24.6. The van der Waals surface area contributed by atoms with Gasteiger partial charge in [0, 0.05) is 63.6 Å². The first-order valence-corrected chi connectivity index (χ1v) is 29.3. The minimum atomic E-state index is -4.64. The number of anilines is 2. The molecule has 2 atom stereocenters. The zero-order valence-corrected chi connectivity index (χ0v) is 46.3. The molecular weight excluding hydrogens is 1100 g/mol. The van der Waals surface area contributed by atoms with E-state index in [1.807, 2.05) is 27.7 Å². The summed E-state index contributed by atoms with van der Waals surface area (Å²) in [6, 6.07) is 3.44. The number of carbonyl (C=O) groups is 3. The van der Waals surface area contributed by atoms with Gasteiger partial charge in [0.1, 0.15) is 22.8 Å². The molecule has 19 nitrogen and oxygen atoms in total. The van der Waals surface area contributed by atoms with Gasteiger partial charge in [-0.3, -0.25) is 28.9 Å². The van der Waals surface area contributed by atoms with E-state index < -0.39 is 72.1 Å². The predicted molar refractivity (Wildman–Crippen MR) is 281 cm³/mol. The van der Waals surface area contributed by atoms with Crippen LogP contribution in [0.4, 0.5) is 11.4 Å². The highest BCUT2D eigenvalue weighted by molar-refractivity contribution is 7.86. The lowest BCUT2D eigenvalue weighted by Gasteiger charge is -2.53. The monoisotopic (exact) mass is 1160 g/mol. The molecule has 0 saturated heterocycles. The van der Waals surface area contributed by atoms with Gasteiger partial charge in [-0.1, -0.05) is 52.5 Å². The maximum Gasteiger partial charge on any atom is 0.305 e. The number of carboxylic acid groups (broad SMARTS) is 1. The zero-order valence-electron chi connectivity index (χ0n) is 41.7. The maximum atomic E-state index is 15.6. The van der Waals surface area contributed by atoms with E-state index in [1.165, 1.54) is 0 Å². The molecule has 0 bridgehead atoms. The lowest BCUT2D eigenvalue weighted by molar-refractivity contribution is -0.138. The standard InChI is InChI=1S/C50H58Cl4N4O15S2/c1-48(2)23-27(25-74(63,64)65)31-21-33-45(29-7-5-11-56(48)43(29)31)73-46-30-8-6-12-57-44(30)32(28(24-49(57,3)4)26-75(66,67)68)22-34(46)50(33)38-37(39(51)41(53)42(54)40(38)52)47(62)58(50)55-35(59)9-13-69-15-17-71-19-20-72-18-16-70-14-10-36(60)61/h21-23,28H,5-20,24-26H2,1-4H3,(H,55,59)(H,60,61)(H,63,64,65)(H,66,67,68). The van der Waals surface area contributed by atoms with E-state index in [-0.39, 0.29) is 114 Å². The van der Waals surface area contributed by atoms with Crippen molar-refractivity contribution < 1.29 is 69.1 Å². The van der Waals surface area contributed by atoms with Crippen LogP contribution < -0.4 is 20.0 Å². The van der Waals surface area contributed by atoms with Crippen molar-refractivity contribution in [3.05, 3.63) is 82.8 Å². The van der Waals surface area contributed by atoms with E-state index in [0.717, 1.165) is 10.7 Å². The van der Waals surface area contributed by atoms with Crippen LogP contribution in [0.5, 0.6) is 11.5 Å². The number of hydrogen-bond acceptors (Lipinski definition) is 14. The Kier molecular flexibility index (Phi) is 15.6. The summed E-state index contributed by atoms with van der Waals surface area (Å²) < 4.78 is 102. The number of nitrogens with one attached hydrogen (secondary N) is 1. The highest BCUT2D eigenvalue weighted by Gasteiger charge is 2.62. The molecule has 2 amide bonds. The SMILES string of the molecule is CC1(C)C=C(CS(=O)(=O)O)c2cc3c(c4c2N1CCC4)Oc1c(cc2c4c1CCCN4C(C)(C)CC2CS(=O)(=O)O)C31c2c(Cl)c(Cl)c(Cl)c(Cl)c2C(=O)N1NC(=O)CCOCCOCCOCCOCCC(=O)O. The molecule has 6 aliphatic heterocycles. The van der Waals surface area contributed by atoms with Crippen molar-refractivity contribution in [1.82, 2.24) is 10.4 Å². The minimum Gasteiger partial charge on any atom is -0.481 e. The molecule has 3 aromatic rings. The molecule has 4 N–H and O–H groups in total. The van der Waals surface area contributed by atoms with Gasteiger partial charge in [0.25, 0.3) is 26.1 Å². The largest absolute Gasteiger partial charge is 0.481 e. The maximum absolute atomic E-state index is 15.6. The number of carboxylic acids is 1. The molecule has 408 valence electrons. The van der Waals surface area contributed by atoms with Gasteiger partial charge in [-0.15, -0.1) is 0 Å². The fourth-order valence-corrected chi connectivity index (χ4v) is 14.4. The van der Waals surface area contributed by atoms with Crippen LogP contribution in [0.2, 0.25) is 20.1 Å². The average Bonchev–Trinajstić information content (AvgIpc) is 3.77. The number of hydrogen-bond donors (Lipinski definition) is 4. The highest BCUT2D eigenvalue weighted by atomic mass is 35.5. The molecule has 9 rings (SSSR count). The molecule has 25 heteroatoms. The minimum absolute atomic E-state index is 0.0151. The Morgan fingerprint density at radius 2 is 1.29 bits per heavy atom. The van der Waals surface area contributed by atoms with Gasteiger partial charge in [0.2, 0.25) is 5.91 Å². The van der Waals surface area contributed by atoms with E-state index in [9.17, 15) is 35.5 Å². The molecule has 6 heterocycles. The van der Waals surface area contributed by atoms with Crippen molar-refractivity contribution >= 4 is 101 Å². The van der Waals surface area contributed by atoms with E-state index >= 15 is 4.79 Å². The molecule has 0 aliphatic carbocycles. The molecule has 0 fully saturated rings. The smallest absolute Gasteiger partial charge is 0.305 e. The Morgan fingerprint density at radius 1 is 0.747 bits per heavy atom. The molecule has 0 aromatic heterocycles. The van der Waals surface area contributed by atoms with Crippen LogP contribution in [0.3, 0.4) is 0 Å². The molecule has 0 saturated carbocycles. The summed E-state index contributed by atoms with van der Waals surface area (Å²) in [6.45, 7) is 10.3. The number of ether oxygens (including phenoxy) is 5. The van der Waals surface area contributed by atoms with Gasteiger partial charge in [-0.25, -0.2) is 5.01 Å². The second kappa shape index (κ2) is 21.0.